The summed E-state index contributed by atoms with van der Waals surface area (Å²) in [7, 11) is 0. The van der Waals surface area contributed by atoms with Crippen molar-refractivity contribution in [2.24, 2.45) is 5.92 Å². The van der Waals surface area contributed by atoms with Crippen molar-refractivity contribution in [3.05, 3.63) is 60.2 Å². The van der Waals surface area contributed by atoms with Gasteiger partial charge in [0.05, 0.1) is 16.3 Å². The Bertz CT molecular complexity index is 1120. The second-order valence-electron chi connectivity index (χ2n) is 8.97. The second-order valence-corrected chi connectivity index (χ2v) is 10.0. The molecule has 0 spiro atoms. The van der Waals surface area contributed by atoms with E-state index in [0.29, 0.717) is 24.4 Å². The average Bonchev–Trinajstić information content (AvgIpc) is 3.23. The van der Waals surface area contributed by atoms with Gasteiger partial charge in [-0.05, 0) is 49.8 Å². The molecule has 0 aliphatic carbocycles. The van der Waals surface area contributed by atoms with Crippen molar-refractivity contribution in [3.63, 3.8) is 0 Å². The molecule has 0 aliphatic rings. The fourth-order valence-electron chi connectivity index (χ4n) is 3.71. The van der Waals surface area contributed by atoms with E-state index >= 15 is 0 Å². The molecule has 0 radical (unpaired) electrons. The molecule has 8 nitrogen and oxygen atoms in total. The van der Waals surface area contributed by atoms with E-state index in [1.165, 1.54) is 18.3 Å². The molecule has 2 aromatic carbocycles. The van der Waals surface area contributed by atoms with E-state index in [4.69, 9.17) is 0 Å². The van der Waals surface area contributed by atoms with Crippen molar-refractivity contribution in [2.75, 3.05) is 5.32 Å². The maximum Gasteiger partial charge on any atom is 0.320 e. The number of para-hydroxylation sites is 1. The molecule has 4 N–H and O–H groups in total. The Morgan fingerprint density at radius 3 is 2.29 bits per heavy atom. The summed E-state index contributed by atoms with van der Waals surface area (Å²) in [6.07, 6.45) is 1.41. The molecule has 0 saturated carbocycles. The predicted molar refractivity (Wildman–Crippen MR) is 138 cm³/mol. The lowest BCUT2D eigenvalue weighted by Gasteiger charge is -2.25. The van der Waals surface area contributed by atoms with Gasteiger partial charge in [0.1, 0.15) is 12.1 Å². The van der Waals surface area contributed by atoms with Gasteiger partial charge in [-0.1, -0.05) is 67.6 Å². The highest BCUT2D eigenvalue weighted by atomic mass is 32.1. The number of anilines is 1. The quantitative estimate of drug-likeness (QED) is 0.302. The monoisotopic (exact) mass is 496 g/mol. The van der Waals surface area contributed by atoms with Gasteiger partial charge in [-0.25, -0.2) is 4.98 Å². The van der Waals surface area contributed by atoms with Crippen LogP contribution in [0.4, 0.5) is 5.13 Å². The number of amides is 2. The summed E-state index contributed by atoms with van der Waals surface area (Å²) in [6, 6.07) is 14.8. The smallest absolute Gasteiger partial charge is 0.320 e. The van der Waals surface area contributed by atoms with E-state index in [0.717, 1.165) is 15.8 Å². The van der Waals surface area contributed by atoms with Crippen LogP contribution in [0.15, 0.2) is 54.6 Å². The van der Waals surface area contributed by atoms with Gasteiger partial charge < -0.3 is 15.7 Å². The Balaban J connectivity index is 1.72. The number of hydrogen-bond donors (Lipinski definition) is 4. The van der Waals surface area contributed by atoms with Gasteiger partial charge in [0.15, 0.2) is 5.13 Å². The number of carbonyl (C=O) groups excluding carboxylic acids is 2. The molecular formula is C26H32N4O4S. The lowest BCUT2D eigenvalue weighted by molar-refractivity contribution is -0.139. The number of carboxylic acid groups (broad SMARTS) is 1. The van der Waals surface area contributed by atoms with E-state index in [9.17, 15) is 19.5 Å². The molecule has 0 fully saturated rings. The van der Waals surface area contributed by atoms with Gasteiger partial charge in [0.2, 0.25) is 11.8 Å². The van der Waals surface area contributed by atoms with Crippen LogP contribution in [0.1, 0.15) is 39.2 Å². The minimum Gasteiger partial charge on any atom is -0.480 e. The Labute approximate surface area is 209 Å². The number of nitrogens with one attached hydrogen (secondary N) is 3. The van der Waals surface area contributed by atoms with Crippen LogP contribution >= 0.6 is 11.3 Å². The van der Waals surface area contributed by atoms with Crippen molar-refractivity contribution >= 4 is 44.5 Å². The third-order valence-corrected chi connectivity index (χ3v) is 6.52. The van der Waals surface area contributed by atoms with Crippen LogP contribution in [0.5, 0.6) is 0 Å². The molecule has 2 amide bonds. The lowest BCUT2D eigenvalue weighted by Crippen LogP contribution is -2.54. The van der Waals surface area contributed by atoms with Crippen LogP contribution < -0.4 is 16.0 Å². The molecule has 3 atom stereocenters. The highest BCUT2D eigenvalue weighted by molar-refractivity contribution is 7.22. The molecule has 0 unspecified atom stereocenters. The maximum atomic E-state index is 13.3. The minimum absolute atomic E-state index is 0.148. The molecule has 0 bridgehead atoms. The number of carboxylic acids is 1. The highest BCUT2D eigenvalue weighted by Crippen LogP contribution is 2.25. The number of aliphatic carboxylic acids is 1. The summed E-state index contributed by atoms with van der Waals surface area (Å²) in [5, 5.41) is 18.4. The van der Waals surface area contributed by atoms with Gasteiger partial charge >= 0.3 is 5.97 Å². The average molecular weight is 497 g/mol. The Hall–Kier alpha value is -3.30. The third kappa shape index (κ3) is 7.87. The van der Waals surface area contributed by atoms with Crippen molar-refractivity contribution in [1.29, 1.82) is 0 Å². The van der Waals surface area contributed by atoms with Gasteiger partial charge in [-0.2, -0.15) is 0 Å². The zero-order valence-corrected chi connectivity index (χ0v) is 21.0. The Morgan fingerprint density at radius 2 is 1.63 bits per heavy atom. The van der Waals surface area contributed by atoms with Crippen LogP contribution in [-0.2, 0) is 20.8 Å². The fraction of sp³-hybridized carbons (Fsp3) is 0.385. The molecule has 1 heterocycles. The van der Waals surface area contributed by atoms with E-state index in [1.807, 2.05) is 68.4 Å². The fourth-order valence-corrected chi connectivity index (χ4v) is 4.58. The molecule has 0 aliphatic heterocycles. The van der Waals surface area contributed by atoms with Gasteiger partial charge in [-0.15, -0.1) is 0 Å². The highest BCUT2D eigenvalue weighted by Gasteiger charge is 2.28. The summed E-state index contributed by atoms with van der Waals surface area (Å²) in [5.41, 5.74) is 1.84. The number of carbonyl (C=O) groups is 3. The largest absolute Gasteiger partial charge is 0.480 e. The normalized spacial score (nSPS) is 13.8. The number of nitrogens with zero attached hydrogens (tertiary/aromatic N) is 1. The Morgan fingerprint density at radius 1 is 0.943 bits per heavy atom. The first-order valence-electron chi connectivity index (χ1n) is 11.7. The number of aryl methyl sites for hydroxylation is 1. The van der Waals surface area contributed by atoms with Crippen molar-refractivity contribution in [2.45, 2.75) is 58.2 Å². The van der Waals surface area contributed by atoms with Gasteiger partial charge in [0, 0.05) is 0 Å². The molecule has 186 valence electrons. The number of rotatable bonds is 12. The number of hydrogen-bond acceptors (Lipinski definition) is 6. The van der Waals surface area contributed by atoms with Crippen molar-refractivity contribution in [3.8, 4) is 0 Å². The van der Waals surface area contributed by atoms with Crippen LogP contribution in [0, 0.1) is 5.92 Å². The van der Waals surface area contributed by atoms with Crippen LogP contribution in [-0.4, -0.2) is 46.0 Å². The van der Waals surface area contributed by atoms with Crippen molar-refractivity contribution < 1.29 is 19.5 Å². The van der Waals surface area contributed by atoms with Crippen LogP contribution in [0.25, 0.3) is 10.2 Å². The number of benzene rings is 2. The summed E-state index contributed by atoms with van der Waals surface area (Å²) in [4.78, 5) is 42.2. The number of aromatic nitrogens is 1. The number of thiazole rings is 1. The molecule has 3 rings (SSSR count). The summed E-state index contributed by atoms with van der Waals surface area (Å²) in [5.74, 6) is -1.65. The first kappa shape index (κ1) is 26.3. The summed E-state index contributed by atoms with van der Waals surface area (Å²) < 4.78 is 0.958. The topological polar surface area (TPSA) is 120 Å². The minimum atomic E-state index is -1.05. The molecule has 3 aromatic rings. The van der Waals surface area contributed by atoms with Gasteiger partial charge in [0.25, 0.3) is 0 Å². The zero-order valence-electron chi connectivity index (χ0n) is 20.2. The summed E-state index contributed by atoms with van der Waals surface area (Å²) >= 11 is 1.37. The molecule has 35 heavy (non-hydrogen) atoms. The first-order chi connectivity index (χ1) is 16.7. The SMILES string of the molecule is CC(C)C[C@H](NC(=O)[C@H](CCc1ccccc1)N[C@H](C)C(=O)O)C(=O)Nc1nc2ccccc2s1. The number of fused-ring (bicyclic) bond motifs is 1. The van der Waals surface area contributed by atoms with Crippen molar-refractivity contribution in [1.82, 2.24) is 15.6 Å². The Kier molecular flexibility index (Phi) is 9.33. The van der Waals surface area contributed by atoms with Crippen LogP contribution in [0.3, 0.4) is 0 Å². The van der Waals surface area contributed by atoms with E-state index < -0.39 is 30.0 Å². The van der Waals surface area contributed by atoms with Gasteiger partial charge in [-0.3, -0.25) is 19.7 Å². The van der Waals surface area contributed by atoms with E-state index in [1.54, 1.807) is 0 Å². The van der Waals surface area contributed by atoms with E-state index in [2.05, 4.69) is 20.9 Å². The van der Waals surface area contributed by atoms with Crippen LogP contribution in [0.2, 0.25) is 0 Å². The third-order valence-electron chi connectivity index (χ3n) is 5.57. The zero-order chi connectivity index (χ0) is 25.4. The standard InChI is InChI=1S/C26H32N4O4S/c1-16(2)15-21(24(32)30-26-29-19-11-7-8-12-22(19)35-26)28-23(31)20(27-17(3)25(33)34)14-13-18-9-5-4-6-10-18/h4-12,16-17,20-21,27H,13-15H2,1-3H3,(H,28,31)(H,33,34)(H,29,30,32)/t17-,20+,21+/m1/s1. The molecule has 1 aromatic heterocycles. The maximum absolute atomic E-state index is 13.3. The first-order valence-corrected chi connectivity index (χ1v) is 12.5. The lowest BCUT2D eigenvalue weighted by atomic mass is 10.0. The molecule has 9 heteroatoms. The predicted octanol–water partition coefficient (Wildman–Crippen LogP) is 3.83. The molecular weight excluding hydrogens is 464 g/mol. The molecule has 0 saturated heterocycles. The summed E-state index contributed by atoms with van der Waals surface area (Å²) in [6.45, 7) is 5.44. The van der Waals surface area contributed by atoms with E-state index in [-0.39, 0.29) is 11.8 Å². The second kappa shape index (κ2) is 12.4.